The smallest absolute Gasteiger partial charge is 0.258 e. The summed E-state index contributed by atoms with van der Waals surface area (Å²) >= 11 is 0. The van der Waals surface area contributed by atoms with Crippen LogP contribution in [-0.4, -0.2) is 14.7 Å². The molecular weight excluding hydrogens is 146 g/mol. The van der Waals surface area contributed by atoms with Gasteiger partial charge in [-0.2, -0.15) is 5.10 Å². The Labute approximate surface area is 62.8 Å². The van der Waals surface area contributed by atoms with Gasteiger partial charge in [0.05, 0.1) is 4.92 Å². The van der Waals surface area contributed by atoms with E-state index >= 15 is 0 Å². The second-order valence-corrected chi connectivity index (χ2v) is 1.90. The molecule has 0 fully saturated rings. The minimum atomic E-state index is -0.553. The van der Waals surface area contributed by atoms with Gasteiger partial charge in [0.15, 0.2) is 5.69 Å². The number of aryl methyl sites for hydroxylation is 1. The Morgan fingerprint density at radius 2 is 2.55 bits per heavy atom. The van der Waals surface area contributed by atoms with Crippen molar-refractivity contribution in [2.45, 2.75) is 0 Å². The second-order valence-electron chi connectivity index (χ2n) is 1.90. The Bertz CT molecular complexity index is 334. The summed E-state index contributed by atoms with van der Waals surface area (Å²) in [6, 6.07) is 0. The van der Waals surface area contributed by atoms with E-state index in [2.05, 4.69) is 11.0 Å². The van der Waals surface area contributed by atoms with Crippen LogP contribution in [0, 0.1) is 22.5 Å². The first-order valence-electron chi connectivity index (χ1n) is 2.80. The molecule has 0 spiro atoms. The molecule has 0 N–H and O–H groups in total. The lowest BCUT2D eigenvalue weighted by Gasteiger charge is -1.89. The molecule has 0 atom stereocenters. The van der Waals surface area contributed by atoms with Crippen LogP contribution in [0.3, 0.4) is 0 Å². The fourth-order valence-corrected chi connectivity index (χ4v) is 0.727. The normalized spacial score (nSPS) is 9.09. The van der Waals surface area contributed by atoms with Crippen molar-refractivity contribution in [2.75, 3.05) is 0 Å². The van der Waals surface area contributed by atoms with Crippen molar-refractivity contribution < 1.29 is 4.92 Å². The van der Waals surface area contributed by atoms with Crippen LogP contribution < -0.4 is 0 Å². The highest BCUT2D eigenvalue weighted by atomic mass is 16.6. The van der Waals surface area contributed by atoms with Crippen molar-refractivity contribution >= 4 is 5.69 Å². The lowest BCUT2D eigenvalue weighted by molar-refractivity contribution is -0.385. The monoisotopic (exact) mass is 151 g/mol. The molecule has 0 aliphatic heterocycles. The summed E-state index contributed by atoms with van der Waals surface area (Å²) < 4.78 is 1.29. The number of hydrogen-bond acceptors (Lipinski definition) is 3. The summed E-state index contributed by atoms with van der Waals surface area (Å²) in [5.41, 5.74) is 0.0602. The average molecular weight is 151 g/mol. The van der Waals surface area contributed by atoms with E-state index in [0.717, 1.165) is 6.20 Å². The standard InChI is InChI=1S/C6H5N3O2/c1-3-5-6(9(10)11)4-7-8(5)2/h1,4H,2H3. The Kier molecular flexibility index (Phi) is 1.60. The SMILES string of the molecule is C#Cc1c([N+](=O)[O-])cnn1C. The molecule has 0 bridgehead atoms. The summed E-state index contributed by atoms with van der Waals surface area (Å²) in [5.74, 6) is 2.18. The van der Waals surface area contributed by atoms with Crippen LogP contribution >= 0.6 is 0 Å². The van der Waals surface area contributed by atoms with E-state index in [1.54, 1.807) is 7.05 Å². The Balaban J connectivity index is 3.30. The average Bonchev–Trinajstić information content (AvgIpc) is 2.30. The summed E-state index contributed by atoms with van der Waals surface area (Å²) in [6.07, 6.45) is 6.15. The molecule has 0 aliphatic rings. The largest absolute Gasteiger partial charge is 0.322 e. The molecule has 0 radical (unpaired) electrons. The maximum atomic E-state index is 10.3. The highest BCUT2D eigenvalue weighted by Gasteiger charge is 2.15. The third kappa shape index (κ3) is 1.05. The highest BCUT2D eigenvalue weighted by molar-refractivity contribution is 5.43. The van der Waals surface area contributed by atoms with Crippen LogP contribution in [0.15, 0.2) is 6.20 Å². The molecule has 0 saturated carbocycles. The maximum Gasteiger partial charge on any atom is 0.322 e. The fraction of sp³-hybridized carbons (Fsp3) is 0.167. The van der Waals surface area contributed by atoms with Crippen LogP contribution in [0.2, 0.25) is 0 Å². The van der Waals surface area contributed by atoms with Gasteiger partial charge in [-0.15, -0.1) is 6.42 Å². The molecule has 1 aromatic rings. The zero-order valence-corrected chi connectivity index (χ0v) is 5.81. The third-order valence-corrected chi connectivity index (χ3v) is 1.25. The van der Waals surface area contributed by atoms with E-state index in [1.165, 1.54) is 4.68 Å². The molecule has 5 nitrogen and oxygen atoms in total. The van der Waals surface area contributed by atoms with Gasteiger partial charge < -0.3 is 0 Å². The van der Waals surface area contributed by atoms with Crippen molar-refractivity contribution in [2.24, 2.45) is 7.05 Å². The lowest BCUT2D eigenvalue weighted by Crippen LogP contribution is -1.95. The predicted molar refractivity (Wildman–Crippen MR) is 37.8 cm³/mol. The van der Waals surface area contributed by atoms with Gasteiger partial charge in [-0.05, 0) is 5.92 Å². The van der Waals surface area contributed by atoms with E-state index in [4.69, 9.17) is 6.42 Å². The molecule has 1 heterocycles. The quantitative estimate of drug-likeness (QED) is 0.329. The van der Waals surface area contributed by atoms with Crippen molar-refractivity contribution in [3.63, 3.8) is 0 Å². The second kappa shape index (κ2) is 2.42. The zero-order valence-electron chi connectivity index (χ0n) is 5.81. The minimum absolute atomic E-state index is 0.130. The molecule has 5 heteroatoms. The summed E-state index contributed by atoms with van der Waals surface area (Å²) in [7, 11) is 1.56. The molecule has 56 valence electrons. The number of aromatic nitrogens is 2. The summed E-state index contributed by atoms with van der Waals surface area (Å²) in [6.45, 7) is 0. The van der Waals surface area contributed by atoms with Crippen molar-refractivity contribution in [1.29, 1.82) is 0 Å². The van der Waals surface area contributed by atoms with Crippen LogP contribution in [0.1, 0.15) is 5.69 Å². The molecule has 0 aromatic carbocycles. The highest BCUT2D eigenvalue weighted by Crippen LogP contribution is 2.14. The number of nitrogens with zero attached hydrogens (tertiary/aromatic N) is 3. The van der Waals surface area contributed by atoms with E-state index in [0.29, 0.717) is 0 Å². The van der Waals surface area contributed by atoms with E-state index in [1.807, 2.05) is 0 Å². The van der Waals surface area contributed by atoms with Crippen LogP contribution in [0.5, 0.6) is 0 Å². The van der Waals surface area contributed by atoms with Gasteiger partial charge in [0.25, 0.3) is 0 Å². The first-order valence-corrected chi connectivity index (χ1v) is 2.80. The van der Waals surface area contributed by atoms with Gasteiger partial charge in [-0.1, -0.05) is 0 Å². The molecular formula is C6H5N3O2. The van der Waals surface area contributed by atoms with Crippen LogP contribution in [0.4, 0.5) is 5.69 Å². The Morgan fingerprint density at radius 3 is 2.91 bits per heavy atom. The van der Waals surface area contributed by atoms with Gasteiger partial charge in [0.1, 0.15) is 6.20 Å². The predicted octanol–water partition coefficient (Wildman–Crippen LogP) is 0.310. The molecule has 0 aliphatic carbocycles. The van der Waals surface area contributed by atoms with E-state index in [-0.39, 0.29) is 11.4 Å². The van der Waals surface area contributed by atoms with Crippen LogP contribution in [-0.2, 0) is 7.05 Å². The summed E-state index contributed by atoms with van der Waals surface area (Å²) in [5, 5.41) is 13.9. The molecule has 0 saturated heterocycles. The topological polar surface area (TPSA) is 61.0 Å². The van der Waals surface area contributed by atoms with Gasteiger partial charge in [0.2, 0.25) is 0 Å². The number of hydrogen-bond donors (Lipinski definition) is 0. The number of nitro groups is 1. The molecule has 0 unspecified atom stereocenters. The third-order valence-electron chi connectivity index (χ3n) is 1.25. The first kappa shape index (κ1) is 7.28. The van der Waals surface area contributed by atoms with Crippen LogP contribution in [0.25, 0.3) is 0 Å². The minimum Gasteiger partial charge on any atom is -0.258 e. The van der Waals surface area contributed by atoms with Crippen molar-refractivity contribution in [1.82, 2.24) is 9.78 Å². The van der Waals surface area contributed by atoms with Gasteiger partial charge >= 0.3 is 5.69 Å². The summed E-state index contributed by atoms with van der Waals surface area (Å²) in [4.78, 5) is 9.70. The Morgan fingerprint density at radius 1 is 1.91 bits per heavy atom. The maximum absolute atomic E-state index is 10.3. The molecule has 11 heavy (non-hydrogen) atoms. The van der Waals surface area contributed by atoms with E-state index < -0.39 is 4.92 Å². The number of terminal acetylenes is 1. The first-order chi connectivity index (χ1) is 5.16. The zero-order chi connectivity index (χ0) is 8.43. The van der Waals surface area contributed by atoms with Gasteiger partial charge in [-0.3, -0.25) is 14.8 Å². The Hall–Kier alpha value is -1.83. The van der Waals surface area contributed by atoms with Crippen molar-refractivity contribution in [3.8, 4) is 12.3 Å². The van der Waals surface area contributed by atoms with Gasteiger partial charge in [-0.25, -0.2) is 0 Å². The van der Waals surface area contributed by atoms with Gasteiger partial charge in [0, 0.05) is 7.05 Å². The number of rotatable bonds is 1. The molecule has 0 amide bonds. The molecule has 1 aromatic heterocycles. The fourth-order valence-electron chi connectivity index (χ4n) is 0.727. The lowest BCUT2D eigenvalue weighted by atomic mass is 10.4. The van der Waals surface area contributed by atoms with Crippen molar-refractivity contribution in [3.05, 3.63) is 22.0 Å². The molecule has 1 rings (SSSR count). The van der Waals surface area contributed by atoms with E-state index in [9.17, 15) is 10.1 Å².